The van der Waals surface area contributed by atoms with Crippen LogP contribution in [0.15, 0.2) is 47.8 Å². The summed E-state index contributed by atoms with van der Waals surface area (Å²) < 4.78 is 5.55. The summed E-state index contributed by atoms with van der Waals surface area (Å²) in [5, 5.41) is 4.92. The molecule has 0 bridgehead atoms. The zero-order valence-corrected chi connectivity index (χ0v) is 11.7. The van der Waals surface area contributed by atoms with Crippen LogP contribution in [0.3, 0.4) is 0 Å². The molecular weight excluding hydrogens is 258 g/mol. The van der Waals surface area contributed by atoms with Gasteiger partial charge in [0.25, 0.3) is 5.91 Å². The monoisotopic (exact) mass is 275 g/mol. The summed E-state index contributed by atoms with van der Waals surface area (Å²) >= 11 is 1.70. The molecule has 19 heavy (non-hydrogen) atoms. The molecule has 0 aliphatic rings. The van der Waals surface area contributed by atoms with E-state index in [0.717, 1.165) is 6.42 Å². The van der Waals surface area contributed by atoms with Gasteiger partial charge in [0.05, 0.1) is 0 Å². The number of ether oxygens (including phenoxy) is 1. The van der Waals surface area contributed by atoms with Crippen molar-refractivity contribution in [1.82, 2.24) is 5.32 Å². The number of carbonyl (C=O) groups is 1. The predicted molar refractivity (Wildman–Crippen MR) is 77.6 cm³/mol. The minimum Gasteiger partial charge on any atom is -0.481 e. The highest BCUT2D eigenvalue weighted by Crippen LogP contribution is 2.11. The highest BCUT2D eigenvalue weighted by molar-refractivity contribution is 7.09. The molecule has 100 valence electrons. The number of thiophene rings is 1. The van der Waals surface area contributed by atoms with Crippen molar-refractivity contribution in [2.45, 2.75) is 19.4 Å². The molecule has 1 aromatic heterocycles. The summed E-state index contributed by atoms with van der Waals surface area (Å²) in [4.78, 5) is 13.1. The molecule has 1 amide bonds. The Bertz CT molecular complexity index is 496. The van der Waals surface area contributed by atoms with Crippen LogP contribution in [-0.2, 0) is 11.2 Å². The smallest absolute Gasteiger partial charge is 0.260 e. The summed E-state index contributed by atoms with van der Waals surface area (Å²) in [6, 6.07) is 13.5. The predicted octanol–water partition coefficient (Wildman–Crippen LogP) is 2.87. The van der Waals surface area contributed by atoms with Crippen molar-refractivity contribution in [3.63, 3.8) is 0 Å². The minimum atomic E-state index is -0.481. The maximum Gasteiger partial charge on any atom is 0.260 e. The lowest BCUT2D eigenvalue weighted by Crippen LogP contribution is -2.37. The lowest BCUT2D eigenvalue weighted by Gasteiger charge is -2.14. The van der Waals surface area contributed by atoms with Crippen LogP contribution in [0.5, 0.6) is 5.75 Å². The highest BCUT2D eigenvalue weighted by Gasteiger charge is 2.13. The van der Waals surface area contributed by atoms with Crippen molar-refractivity contribution in [2.24, 2.45) is 0 Å². The van der Waals surface area contributed by atoms with E-state index < -0.39 is 6.10 Å². The van der Waals surface area contributed by atoms with Gasteiger partial charge in [-0.3, -0.25) is 4.79 Å². The van der Waals surface area contributed by atoms with E-state index in [1.165, 1.54) is 4.88 Å². The van der Waals surface area contributed by atoms with Gasteiger partial charge in [0.15, 0.2) is 6.10 Å². The third-order valence-electron chi connectivity index (χ3n) is 2.68. The molecule has 0 aliphatic heterocycles. The van der Waals surface area contributed by atoms with Crippen LogP contribution >= 0.6 is 11.3 Å². The van der Waals surface area contributed by atoms with Gasteiger partial charge >= 0.3 is 0 Å². The zero-order chi connectivity index (χ0) is 13.5. The molecule has 1 N–H and O–H groups in total. The van der Waals surface area contributed by atoms with E-state index in [2.05, 4.69) is 11.4 Å². The minimum absolute atomic E-state index is 0.0830. The summed E-state index contributed by atoms with van der Waals surface area (Å²) in [6.07, 6.45) is 0.382. The van der Waals surface area contributed by atoms with Crippen LogP contribution < -0.4 is 10.1 Å². The highest BCUT2D eigenvalue weighted by atomic mass is 32.1. The number of benzene rings is 1. The number of hydrogen-bond donors (Lipinski definition) is 1. The van der Waals surface area contributed by atoms with Crippen LogP contribution in [0.1, 0.15) is 11.8 Å². The standard InChI is InChI=1S/C15H17NO2S/c1-12(18-13-6-3-2-4-7-13)15(17)16-10-9-14-8-5-11-19-14/h2-8,11-12H,9-10H2,1H3,(H,16,17). The van der Waals surface area contributed by atoms with Crippen molar-refractivity contribution >= 4 is 17.2 Å². The third-order valence-corrected chi connectivity index (χ3v) is 3.61. The summed E-state index contributed by atoms with van der Waals surface area (Å²) in [6.45, 7) is 2.40. The van der Waals surface area contributed by atoms with E-state index in [-0.39, 0.29) is 5.91 Å². The van der Waals surface area contributed by atoms with Gasteiger partial charge in [-0.2, -0.15) is 0 Å². The van der Waals surface area contributed by atoms with Crippen molar-refractivity contribution in [2.75, 3.05) is 6.54 Å². The molecule has 3 nitrogen and oxygen atoms in total. The molecule has 4 heteroatoms. The first-order chi connectivity index (χ1) is 9.25. The molecule has 1 heterocycles. The molecule has 1 unspecified atom stereocenters. The van der Waals surface area contributed by atoms with Gasteiger partial charge < -0.3 is 10.1 Å². The second-order valence-corrected chi connectivity index (χ2v) is 5.23. The van der Waals surface area contributed by atoms with E-state index in [1.807, 2.05) is 41.8 Å². The van der Waals surface area contributed by atoms with Gasteiger partial charge in [-0.25, -0.2) is 0 Å². The topological polar surface area (TPSA) is 38.3 Å². The lowest BCUT2D eigenvalue weighted by atomic mass is 10.3. The van der Waals surface area contributed by atoms with Gasteiger partial charge in [-0.1, -0.05) is 24.3 Å². The SMILES string of the molecule is CC(Oc1ccccc1)C(=O)NCCc1cccs1. The van der Waals surface area contributed by atoms with Gasteiger partial charge in [0.2, 0.25) is 0 Å². The largest absolute Gasteiger partial charge is 0.481 e. The first kappa shape index (κ1) is 13.6. The molecule has 0 saturated carbocycles. The number of carbonyl (C=O) groups excluding carboxylic acids is 1. The number of amides is 1. The maximum atomic E-state index is 11.8. The second-order valence-electron chi connectivity index (χ2n) is 4.19. The molecule has 2 rings (SSSR count). The summed E-state index contributed by atoms with van der Waals surface area (Å²) in [5.41, 5.74) is 0. The van der Waals surface area contributed by atoms with Crippen LogP contribution in [0.25, 0.3) is 0 Å². The Labute approximate surface area is 117 Å². The molecular formula is C15H17NO2S. The molecule has 1 aromatic carbocycles. The van der Waals surface area contributed by atoms with E-state index in [4.69, 9.17) is 4.74 Å². The lowest BCUT2D eigenvalue weighted by molar-refractivity contribution is -0.127. The molecule has 0 radical (unpaired) electrons. The van der Waals surface area contributed by atoms with Gasteiger partial charge in [-0.15, -0.1) is 11.3 Å². The maximum absolute atomic E-state index is 11.8. The Balaban J connectivity index is 1.73. The van der Waals surface area contributed by atoms with E-state index in [0.29, 0.717) is 12.3 Å². The average Bonchev–Trinajstić information content (AvgIpc) is 2.93. The van der Waals surface area contributed by atoms with Crippen molar-refractivity contribution in [1.29, 1.82) is 0 Å². The van der Waals surface area contributed by atoms with Crippen molar-refractivity contribution in [3.8, 4) is 5.75 Å². The van der Waals surface area contributed by atoms with Gasteiger partial charge in [0.1, 0.15) is 5.75 Å². The quantitative estimate of drug-likeness (QED) is 0.880. The Hall–Kier alpha value is -1.81. The van der Waals surface area contributed by atoms with Crippen molar-refractivity contribution < 1.29 is 9.53 Å². The number of rotatable bonds is 6. The molecule has 0 fully saturated rings. The first-order valence-corrected chi connectivity index (χ1v) is 7.15. The fraction of sp³-hybridized carbons (Fsp3) is 0.267. The first-order valence-electron chi connectivity index (χ1n) is 6.27. The van der Waals surface area contributed by atoms with Crippen LogP contribution in [-0.4, -0.2) is 18.6 Å². The van der Waals surface area contributed by atoms with Gasteiger partial charge in [-0.05, 0) is 36.9 Å². The summed E-state index contributed by atoms with van der Waals surface area (Å²) in [7, 11) is 0. The molecule has 2 aromatic rings. The average molecular weight is 275 g/mol. The zero-order valence-electron chi connectivity index (χ0n) is 10.8. The van der Waals surface area contributed by atoms with Crippen LogP contribution in [0.2, 0.25) is 0 Å². The van der Waals surface area contributed by atoms with Crippen molar-refractivity contribution in [3.05, 3.63) is 52.7 Å². The van der Waals surface area contributed by atoms with Crippen LogP contribution in [0, 0.1) is 0 Å². The van der Waals surface area contributed by atoms with E-state index in [9.17, 15) is 4.79 Å². The molecule has 0 spiro atoms. The Morgan fingerprint density at radius 1 is 1.26 bits per heavy atom. The van der Waals surface area contributed by atoms with E-state index >= 15 is 0 Å². The number of para-hydroxylation sites is 1. The molecule has 0 saturated heterocycles. The Morgan fingerprint density at radius 2 is 2.05 bits per heavy atom. The molecule has 0 aliphatic carbocycles. The fourth-order valence-electron chi connectivity index (χ4n) is 1.66. The Kier molecular flexibility index (Phi) is 4.98. The summed E-state index contributed by atoms with van der Waals surface area (Å²) in [5.74, 6) is 0.629. The third kappa shape index (κ3) is 4.41. The Morgan fingerprint density at radius 3 is 2.74 bits per heavy atom. The second kappa shape index (κ2) is 6.95. The van der Waals surface area contributed by atoms with E-state index in [1.54, 1.807) is 18.3 Å². The van der Waals surface area contributed by atoms with Gasteiger partial charge in [0, 0.05) is 11.4 Å². The fourth-order valence-corrected chi connectivity index (χ4v) is 2.37. The number of hydrogen-bond acceptors (Lipinski definition) is 3. The number of nitrogens with one attached hydrogen (secondary N) is 1. The van der Waals surface area contributed by atoms with Crippen LogP contribution in [0.4, 0.5) is 0 Å². The molecule has 1 atom stereocenters. The normalized spacial score (nSPS) is 11.8.